The van der Waals surface area contributed by atoms with E-state index in [1.807, 2.05) is 0 Å². The van der Waals surface area contributed by atoms with Crippen molar-refractivity contribution in [2.45, 2.75) is 32.6 Å². The van der Waals surface area contributed by atoms with Gasteiger partial charge in [0.15, 0.2) is 0 Å². The van der Waals surface area contributed by atoms with E-state index in [1.165, 1.54) is 24.2 Å². The van der Waals surface area contributed by atoms with Crippen LogP contribution in [0.2, 0.25) is 0 Å². The molecule has 1 aliphatic rings. The van der Waals surface area contributed by atoms with Gasteiger partial charge in [-0.25, -0.2) is 4.98 Å². The van der Waals surface area contributed by atoms with Gasteiger partial charge in [0.2, 0.25) is 0 Å². The molecule has 5 heteroatoms. The van der Waals surface area contributed by atoms with E-state index in [1.54, 1.807) is 10.9 Å². The Morgan fingerprint density at radius 2 is 2.33 bits per heavy atom. The Kier molecular flexibility index (Phi) is 4.72. The van der Waals surface area contributed by atoms with Crippen LogP contribution in [-0.2, 0) is 0 Å². The normalized spacial score (nSPS) is 18.5. The molecule has 18 heavy (non-hydrogen) atoms. The molecule has 0 atom stereocenters. The lowest BCUT2D eigenvalue weighted by Gasteiger charge is -2.37. The molecule has 0 spiro atoms. The number of nitrogens with zero attached hydrogens (tertiary/aromatic N) is 1. The lowest BCUT2D eigenvalue weighted by Crippen LogP contribution is -2.44. The molecule has 0 saturated carbocycles. The molecular weight excluding hydrogens is 246 g/mol. The summed E-state index contributed by atoms with van der Waals surface area (Å²) in [5.41, 5.74) is 2.52. The fourth-order valence-electron chi connectivity index (χ4n) is 2.69. The van der Waals surface area contributed by atoms with Gasteiger partial charge in [-0.15, -0.1) is 11.3 Å². The third-order valence-electron chi connectivity index (χ3n) is 3.73. The predicted molar refractivity (Wildman–Crippen MR) is 73.9 cm³/mol. The van der Waals surface area contributed by atoms with E-state index in [9.17, 15) is 4.79 Å². The second kappa shape index (κ2) is 6.29. The van der Waals surface area contributed by atoms with Crippen LogP contribution in [0.3, 0.4) is 0 Å². The molecule has 1 saturated heterocycles. The van der Waals surface area contributed by atoms with Gasteiger partial charge in [0.25, 0.3) is 5.91 Å². The molecule has 100 valence electrons. The van der Waals surface area contributed by atoms with E-state index in [-0.39, 0.29) is 11.3 Å². The number of carbonyl (C=O) groups excluding carboxylic acids is 1. The molecule has 0 aromatic carbocycles. The largest absolute Gasteiger partial charge is 0.350 e. The Hall–Kier alpha value is -0.940. The SMILES string of the molecule is CCCC1(CNC(=O)c2cscn2)CCNCC1. The molecule has 1 amide bonds. The van der Waals surface area contributed by atoms with Crippen LogP contribution in [0.15, 0.2) is 10.9 Å². The van der Waals surface area contributed by atoms with Gasteiger partial charge >= 0.3 is 0 Å². The van der Waals surface area contributed by atoms with Gasteiger partial charge in [-0.3, -0.25) is 4.79 Å². The first-order valence-corrected chi connectivity index (χ1v) is 7.57. The Balaban J connectivity index is 1.91. The fraction of sp³-hybridized carbons (Fsp3) is 0.692. The van der Waals surface area contributed by atoms with Crippen LogP contribution in [0, 0.1) is 5.41 Å². The number of aromatic nitrogens is 1. The van der Waals surface area contributed by atoms with Gasteiger partial charge in [0.1, 0.15) is 5.69 Å². The minimum absolute atomic E-state index is 0.0368. The summed E-state index contributed by atoms with van der Waals surface area (Å²) in [4.78, 5) is 16.0. The average molecular weight is 267 g/mol. The topological polar surface area (TPSA) is 54.0 Å². The van der Waals surface area contributed by atoms with Crippen LogP contribution in [0.25, 0.3) is 0 Å². The molecule has 2 N–H and O–H groups in total. The number of hydrogen-bond acceptors (Lipinski definition) is 4. The maximum Gasteiger partial charge on any atom is 0.270 e. The van der Waals surface area contributed by atoms with Crippen LogP contribution in [0.4, 0.5) is 0 Å². The van der Waals surface area contributed by atoms with Gasteiger partial charge in [-0.2, -0.15) is 0 Å². The summed E-state index contributed by atoms with van der Waals surface area (Å²) in [6, 6.07) is 0. The molecular formula is C13H21N3OS. The summed E-state index contributed by atoms with van der Waals surface area (Å²) >= 11 is 1.46. The summed E-state index contributed by atoms with van der Waals surface area (Å²) in [5, 5.41) is 8.24. The highest BCUT2D eigenvalue weighted by Crippen LogP contribution is 2.33. The summed E-state index contributed by atoms with van der Waals surface area (Å²) in [7, 11) is 0. The van der Waals surface area contributed by atoms with Crippen molar-refractivity contribution in [2.75, 3.05) is 19.6 Å². The highest BCUT2D eigenvalue weighted by atomic mass is 32.1. The molecule has 4 nitrogen and oxygen atoms in total. The summed E-state index contributed by atoms with van der Waals surface area (Å²) in [6.07, 6.45) is 4.66. The summed E-state index contributed by atoms with van der Waals surface area (Å²) in [5.74, 6) is -0.0368. The number of amides is 1. The van der Waals surface area contributed by atoms with Gasteiger partial charge in [0, 0.05) is 11.9 Å². The molecule has 2 rings (SSSR count). The van der Waals surface area contributed by atoms with Crippen LogP contribution >= 0.6 is 11.3 Å². The zero-order valence-electron chi connectivity index (χ0n) is 10.9. The monoisotopic (exact) mass is 267 g/mol. The molecule has 1 fully saturated rings. The third-order valence-corrected chi connectivity index (χ3v) is 4.32. The molecule has 1 aliphatic heterocycles. The van der Waals surface area contributed by atoms with Crippen molar-refractivity contribution in [3.05, 3.63) is 16.6 Å². The van der Waals surface area contributed by atoms with Crippen LogP contribution in [0.1, 0.15) is 43.1 Å². The quantitative estimate of drug-likeness (QED) is 0.858. The van der Waals surface area contributed by atoms with E-state index < -0.39 is 0 Å². The number of rotatable bonds is 5. The van der Waals surface area contributed by atoms with Crippen molar-refractivity contribution in [2.24, 2.45) is 5.41 Å². The van der Waals surface area contributed by atoms with E-state index in [0.717, 1.165) is 32.5 Å². The van der Waals surface area contributed by atoms with Crippen molar-refractivity contribution >= 4 is 17.2 Å². The zero-order chi connectivity index (χ0) is 12.8. The predicted octanol–water partition coefficient (Wildman–Crippen LogP) is 2.04. The Labute approximate surface area is 112 Å². The van der Waals surface area contributed by atoms with E-state index in [2.05, 4.69) is 22.5 Å². The molecule has 1 aromatic heterocycles. The smallest absolute Gasteiger partial charge is 0.270 e. The second-order valence-electron chi connectivity index (χ2n) is 5.06. The number of thiazole rings is 1. The minimum Gasteiger partial charge on any atom is -0.350 e. The van der Waals surface area contributed by atoms with Crippen molar-refractivity contribution in [1.29, 1.82) is 0 Å². The number of carbonyl (C=O) groups is 1. The number of nitrogens with one attached hydrogen (secondary N) is 2. The second-order valence-corrected chi connectivity index (χ2v) is 5.78. The highest BCUT2D eigenvalue weighted by molar-refractivity contribution is 7.07. The molecule has 1 aromatic rings. The Morgan fingerprint density at radius 3 is 2.94 bits per heavy atom. The Morgan fingerprint density at radius 1 is 1.56 bits per heavy atom. The van der Waals surface area contributed by atoms with Crippen LogP contribution in [-0.4, -0.2) is 30.5 Å². The first-order chi connectivity index (χ1) is 8.76. The van der Waals surface area contributed by atoms with Gasteiger partial charge in [-0.1, -0.05) is 13.3 Å². The van der Waals surface area contributed by atoms with Crippen LogP contribution in [0.5, 0.6) is 0 Å². The van der Waals surface area contributed by atoms with E-state index in [4.69, 9.17) is 0 Å². The maximum absolute atomic E-state index is 11.9. The molecule has 0 bridgehead atoms. The zero-order valence-corrected chi connectivity index (χ0v) is 11.7. The maximum atomic E-state index is 11.9. The molecule has 2 heterocycles. The van der Waals surface area contributed by atoms with Gasteiger partial charge < -0.3 is 10.6 Å². The van der Waals surface area contributed by atoms with Gasteiger partial charge in [-0.05, 0) is 37.8 Å². The van der Waals surface area contributed by atoms with Crippen molar-refractivity contribution < 1.29 is 4.79 Å². The number of piperidine rings is 1. The van der Waals surface area contributed by atoms with Crippen molar-refractivity contribution in [3.8, 4) is 0 Å². The van der Waals surface area contributed by atoms with E-state index >= 15 is 0 Å². The van der Waals surface area contributed by atoms with E-state index in [0.29, 0.717) is 5.69 Å². The highest BCUT2D eigenvalue weighted by Gasteiger charge is 2.31. The minimum atomic E-state index is -0.0368. The lowest BCUT2D eigenvalue weighted by atomic mass is 9.75. The molecule has 0 unspecified atom stereocenters. The molecule has 0 aliphatic carbocycles. The van der Waals surface area contributed by atoms with Crippen LogP contribution < -0.4 is 10.6 Å². The average Bonchev–Trinajstić information content (AvgIpc) is 2.91. The standard InChI is InChI=1S/C13H21N3OS/c1-2-3-13(4-6-14-7-5-13)9-15-12(17)11-8-18-10-16-11/h8,10,14H,2-7,9H2,1H3,(H,15,17). The molecule has 0 radical (unpaired) electrons. The first kappa shape index (κ1) is 13.5. The third kappa shape index (κ3) is 3.29. The van der Waals surface area contributed by atoms with Gasteiger partial charge in [0.05, 0.1) is 5.51 Å². The fourth-order valence-corrected chi connectivity index (χ4v) is 3.22. The van der Waals surface area contributed by atoms with Crippen molar-refractivity contribution in [3.63, 3.8) is 0 Å². The van der Waals surface area contributed by atoms with Crippen molar-refractivity contribution in [1.82, 2.24) is 15.6 Å². The first-order valence-electron chi connectivity index (χ1n) is 6.63. The summed E-state index contributed by atoms with van der Waals surface area (Å²) < 4.78 is 0. The lowest BCUT2D eigenvalue weighted by molar-refractivity contribution is 0.0902. The Bertz CT molecular complexity index is 366. The number of hydrogen-bond donors (Lipinski definition) is 2. The summed E-state index contributed by atoms with van der Waals surface area (Å²) in [6.45, 7) is 5.12.